The zero-order valence-corrected chi connectivity index (χ0v) is 12.1. The van der Waals surface area contributed by atoms with Crippen LogP contribution < -0.4 is 15.4 Å². The third-order valence-corrected chi connectivity index (χ3v) is 4.81. The largest absolute Gasteiger partial charge is 0.420 e. The molecule has 0 aliphatic carbocycles. The number of nitrogens with one attached hydrogen (secondary N) is 2. The molecule has 3 rings (SSSR count). The lowest BCUT2D eigenvalue weighted by Crippen LogP contribution is -3.11. The average molecular weight is 274 g/mol. The van der Waals surface area contributed by atoms with Crippen LogP contribution in [0.3, 0.4) is 0 Å². The van der Waals surface area contributed by atoms with Crippen LogP contribution in [0.25, 0.3) is 0 Å². The van der Waals surface area contributed by atoms with Gasteiger partial charge in [0, 0.05) is 23.6 Å². The Bertz CT molecular complexity index is 626. The third-order valence-electron chi connectivity index (χ3n) is 4.81. The van der Waals surface area contributed by atoms with Crippen molar-refractivity contribution in [3.05, 3.63) is 22.7 Å². The number of H-pyrrole nitrogens is 1. The number of hydrogen-bond acceptors (Lipinski definition) is 4. The number of ether oxygens (including phenoxy) is 1. The first-order valence-corrected chi connectivity index (χ1v) is 6.95. The normalized spacial score (nSPS) is 32.7. The molecule has 20 heavy (non-hydrogen) atoms. The molecule has 106 valence electrons. The summed E-state index contributed by atoms with van der Waals surface area (Å²) < 4.78 is 5.54. The Kier molecular flexibility index (Phi) is 2.76. The monoisotopic (exact) mass is 274 g/mol. The van der Waals surface area contributed by atoms with Gasteiger partial charge in [-0.2, -0.15) is 5.26 Å². The topological polar surface area (TPSA) is 92.2 Å². The second-order valence-corrected chi connectivity index (χ2v) is 6.02. The zero-order chi connectivity index (χ0) is 14.5. The first-order valence-electron chi connectivity index (χ1n) is 6.95. The van der Waals surface area contributed by atoms with E-state index in [2.05, 4.69) is 30.2 Å². The summed E-state index contributed by atoms with van der Waals surface area (Å²) in [6.45, 7) is 6.18. The van der Waals surface area contributed by atoms with Gasteiger partial charge in [-0.05, 0) is 6.92 Å². The lowest BCUT2D eigenvalue weighted by atomic mass is 9.61. The smallest absolute Gasteiger partial charge is 0.244 e. The number of aromatic nitrogens is 2. The van der Waals surface area contributed by atoms with Gasteiger partial charge in [-0.25, -0.2) is 0 Å². The Hall–Kier alpha value is -2.00. The maximum Gasteiger partial charge on any atom is 0.244 e. The quantitative estimate of drug-likeness (QED) is 0.600. The number of rotatable bonds is 0. The Morgan fingerprint density at radius 2 is 2.35 bits per heavy atom. The fourth-order valence-corrected chi connectivity index (χ4v) is 3.86. The number of nitriles is 1. The van der Waals surface area contributed by atoms with E-state index in [4.69, 9.17) is 10.5 Å². The zero-order valence-electron chi connectivity index (χ0n) is 12.1. The number of aryl methyl sites for hydroxylation is 1. The minimum absolute atomic E-state index is 0.206. The van der Waals surface area contributed by atoms with Gasteiger partial charge in [0.1, 0.15) is 11.6 Å². The standard InChI is InChI=1S/C14H19N5O/c1-8-7-19(3)5-4-14(8)10(6-15)12(16)20-13-11(14)9(2)17-18-13/h8H,4-5,7,16H2,1-3H3,(H,17,18)/p+1/t8-,14+/m1/s1. The van der Waals surface area contributed by atoms with E-state index in [0.29, 0.717) is 17.4 Å². The highest BCUT2D eigenvalue weighted by Crippen LogP contribution is 2.50. The molecule has 3 atom stereocenters. The van der Waals surface area contributed by atoms with Crippen LogP contribution in [0.5, 0.6) is 5.88 Å². The number of nitrogens with zero attached hydrogens (tertiary/aromatic N) is 2. The van der Waals surface area contributed by atoms with Crippen LogP contribution in [0, 0.1) is 24.2 Å². The van der Waals surface area contributed by atoms with Crippen LogP contribution in [0.2, 0.25) is 0 Å². The van der Waals surface area contributed by atoms with Crippen LogP contribution in [-0.4, -0.2) is 30.3 Å². The summed E-state index contributed by atoms with van der Waals surface area (Å²) in [5, 5.41) is 16.8. The predicted octanol–water partition coefficient (Wildman–Crippen LogP) is -0.403. The van der Waals surface area contributed by atoms with Gasteiger partial charge in [-0.3, -0.25) is 5.10 Å². The molecule has 0 radical (unpaired) electrons. The SMILES string of the molecule is Cc1[nH]nc2c1[C@]1(CC[NH+](C)C[C@H]1C)C(C#N)=C(N)O2. The fraction of sp³-hybridized carbons (Fsp3) is 0.571. The van der Waals surface area contributed by atoms with E-state index in [9.17, 15) is 5.26 Å². The minimum Gasteiger partial charge on any atom is -0.420 e. The van der Waals surface area contributed by atoms with Crippen LogP contribution in [0.1, 0.15) is 24.6 Å². The Morgan fingerprint density at radius 3 is 3.00 bits per heavy atom. The second-order valence-electron chi connectivity index (χ2n) is 6.02. The molecule has 1 aromatic rings. The summed E-state index contributed by atoms with van der Waals surface area (Å²) >= 11 is 0. The van der Waals surface area contributed by atoms with Gasteiger partial charge in [-0.15, -0.1) is 5.10 Å². The molecule has 0 bridgehead atoms. The van der Waals surface area contributed by atoms with E-state index >= 15 is 0 Å². The number of aromatic amines is 1. The highest BCUT2D eigenvalue weighted by molar-refractivity contribution is 5.54. The van der Waals surface area contributed by atoms with Crippen LogP contribution in [0.15, 0.2) is 11.5 Å². The molecule has 1 unspecified atom stereocenters. The highest BCUT2D eigenvalue weighted by Gasteiger charge is 2.53. The lowest BCUT2D eigenvalue weighted by Gasteiger charge is -2.45. The summed E-state index contributed by atoms with van der Waals surface area (Å²) in [6, 6.07) is 2.30. The van der Waals surface area contributed by atoms with Gasteiger partial charge in [0.2, 0.25) is 11.8 Å². The van der Waals surface area contributed by atoms with E-state index in [1.54, 1.807) is 0 Å². The van der Waals surface area contributed by atoms with E-state index in [-0.39, 0.29) is 11.3 Å². The minimum atomic E-state index is -0.358. The molecular formula is C14H20N5O+. The molecule has 1 spiro atoms. The van der Waals surface area contributed by atoms with Crippen molar-refractivity contribution in [2.24, 2.45) is 11.7 Å². The van der Waals surface area contributed by atoms with Gasteiger partial charge in [0.05, 0.1) is 25.6 Å². The Balaban J connectivity index is 2.25. The summed E-state index contributed by atoms with van der Waals surface area (Å²) in [7, 11) is 2.19. The van der Waals surface area contributed by atoms with Crippen molar-refractivity contribution in [2.75, 3.05) is 20.1 Å². The fourth-order valence-electron chi connectivity index (χ4n) is 3.86. The summed E-state index contributed by atoms with van der Waals surface area (Å²) in [4.78, 5) is 1.48. The van der Waals surface area contributed by atoms with Crippen LogP contribution in [-0.2, 0) is 5.41 Å². The first kappa shape index (κ1) is 13.0. The predicted molar refractivity (Wildman–Crippen MR) is 72.9 cm³/mol. The van der Waals surface area contributed by atoms with Crippen molar-refractivity contribution in [1.82, 2.24) is 10.2 Å². The van der Waals surface area contributed by atoms with Crippen LogP contribution in [0.4, 0.5) is 0 Å². The summed E-state index contributed by atoms with van der Waals surface area (Å²) in [5.41, 5.74) is 8.18. The molecule has 0 aromatic carbocycles. The first-order chi connectivity index (χ1) is 9.50. The second kappa shape index (κ2) is 4.25. The van der Waals surface area contributed by atoms with Gasteiger partial charge >= 0.3 is 0 Å². The molecule has 6 heteroatoms. The molecule has 1 saturated heterocycles. The van der Waals surface area contributed by atoms with Gasteiger partial charge < -0.3 is 15.4 Å². The molecule has 1 fully saturated rings. The number of quaternary nitrogens is 1. The highest BCUT2D eigenvalue weighted by atomic mass is 16.5. The molecule has 0 saturated carbocycles. The van der Waals surface area contributed by atoms with Crippen molar-refractivity contribution in [3.63, 3.8) is 0 Å². The van der Waals surface area contributed by atoms with Gasteiger partial charge in [-0.1, -0.05) is 6.92 Å². The summed E-state index contributed by atoms with van der Waals surface area (Å²) in [6.07, 6.45) is 0.889. The van der Waals surface area contributed by atoms with Gasteiger partial charge in [0.15, 0.2) is 0 Å². The van der Waals surface area contributed by atoms with E-state index in [1.165, 1.54) is 4.90 Å². The van der Waals surface area contributed by atoms with Crippen molar-refractivity contribution in [3.8, 4) is 11.9 Å². The molecule has 2 aliphatic heterocycles. The number of likely N-dealkylation sites (tertiary alicyclic amines) is 1. The molecule has 2 aliphatic rings. The molecule has 1 aromatic heterocycles. The lowest BCUT2D eigenvalue weighted by molar-refractivity contribution is -0.890. The number of hydrogen-bond donors (Lipinski definition) is 3. The molecule has 0 amide bonds. The van der Waals surface area contributed by atoms with E-state index in [0.717, 1.165) is 30.8 Å². The Labute approximate surface area is 118 Å². The summed E-state index contributed by atoms with van der Waals surface area (Å²) in [5.74, 6) is 1.05. The maximum atomic E-state index is 9.61. The Morgan fingerprint density at radius 1 is 1.60 bits per heavy atom. The molecular weight excluding hydrogens is 254 g/mol. The number of nitrogens with two attached hydrogens (primary N) is 1. The molecule has 4 N–H and O–H groups in total. The maximum absolute atomic E-state index is 9.61. The number of fused-ring (bicyclic) bond motifs is 2. The van der Waals surface area contributed by atoms with Gasteiger partial charge in [0.25, 0.3) is 0 Å². The molecule has 3 heterocycles. The average Bonchev–Trinajstić information content (AvgIpc) is 2.76. The van der Waals surface area contributed by atoms with Crippen molar-refractivity contribution < 1.29 is 9.64 Å². The van der Waals surface area contributed by atoms with Crippen molar-refractivity contribution in [1.29, 1.82) is 5.26 Å². The number of piperidine rings is 1. The van der Waals surface area contributed by atoms with Crippen molar-refractivity contribution >= 4 is 0 Å². The number of allylic oxidation sites excluding steroid dienone is 1. The van der Waals surface area contributed by atoms with Crippen molar-refractivity contribution in [2.45, 2.75) is 25.7 Å². The third kappa shape index (κ3) is 1.50. The van der Waals surface area contributed by atoms with Crippen LogP contribution >= 0.6 is 0 Å². The van der Waals surface area contributed by atoms with E-state index < -0.39 is 0 Å². The molecule has 6 nitrogen and oxygen atoms in total. The van der Waals surface area contributed by atoms with E-state index in [1.807, 2.05) is 6.92 Å².